The normalized spacial score (nSPS) is 24.4. The Morgan fingerprint density at radius 2 is 2.00 bits per heavy atom. The standard InChI is InChI=1S/C13H18N2/c14-12-7-6-11(13-5-2-8-15-13)9-3-1-4-10(9)12/h6-7,13,15H,1-5,8,14H2/t13-/m0/s1. The molecule has 0 spiro atoms. The number of benzene rings is 1. The quantitative estimate of drug-likeness (QED) is 0.685. The molecule has 0 radical (unpaired) electrons. The molecule has 15 heavy (non-hydrogen) atoms. The predicted molar refractivity (Wildman–Crippen MR) is 62.9 cm³/mol. The Labute approximate surface area is 90.9 Å². The van der Waals surface area contributed by atoms with Gasteiger partial charge in [0.15, 0.2) is 0 Å². The molecule has 1 saturated heterocycles. The van der Waals surface area contributed by atoms with Crippen LogP contribution >= 0.6 is 0 Å². The number of rotatable bonds is 1. The van der Waals surface area contributed by atoms with Gasteiger partial charge in [-0.15, -0.1) is 0 Å². The highest BCUT2D eigenvalue weighted by atomic mass is 14.9. The van der Waals surface area contributed by atoms with Crippen molar-refractivity contribution in [3.63, 3.8) is 0 Å². The summed E-state index contributed by atoms with van der Waals surface area (Å²) in [7, 11) is 0. The summed E-state index contributed by atoms with van der Waals surface area (Å²) in [6.07, 6.45) is 6.29. The van der Waals surface area contributed by atoms with Crippen LogP contribution in [0.4, 0.5) is 5.69 Å². The van der Waals surface area contributed by atoms with E-state index in [9.17, 15) is 0 Å². The maximum absolute atomic E-state index is 6.02. The van der Waals surface area contributed by atoms with E-state index in [-0.39, 0.29) is 0 Å². The van der Waals surface area contributed by atoms with Gasteiger partial charge in [-0.25, -0.2) is 0 Å². The van der Waals surface area contributed by atoms with E-state index in [0.29, 0.717) is 6.04 Å². The molecule has 3 N–H and O–H groups in total. The second-order valence-electron chi connectivity index (χ2n) is 4.70. The fourth-order valence-electron chi connectivity index (χ4n) is 3.04. The largest absolute Gasteiger partial charge is 0.398 e. The Hall–Kier alpha value is -1.02. The summed E-state index contributed by atoms with van der Waals surface area (Å²) in [5.41, 5.74) is 11.5. The van der Waals surface area contributed by atoms with E-state index in [1.807, 2.05) is 0 Å². The van der Waals surface area contributed by atoms with Crippen LogP contribution in [0.5, 0.6) is 0 Å². The van der Waals surface area contributed by atoms with Crippen LogP contribution in [-0.2, 0) is 12.8 Å². The van der Waals surface area contributed by atoms with E-state index in [4.69, 9.17) is 5.73 Å². The van der Waals surface area contributed by atoms with Crippen molar-refractivity contribution in [2.24, 2.45) is 0 Å². The molecular weight excluding hydrogens is 184 g/mol. The van der Waals surface area contributed by atoms with Crippen molar-refractivity contribution in [1.29, 1.82) is 0 Å². The van der Waals surface area contributed by atoms with Crippen LogP contribution in [0.15, 0.2) is 12.1 Å². The Kier molecular flexibility index (Phi) is 2.17. The molecule has 1 aromatic rings. The predicted octanol–water partition coefficient (Wildman–Crippen LogP) is 2.18. The molecule has 0 aromatic heterocycles. The maximum atomic E-state index is 6.02. The smallest absolute Gasteiger partial charge is 0.0349 e. The zero-order chi connectivity index (χ0) is 10.3. The molecule has 0 bridgehead atoms. The van der Waals surface area contributed by atoms with Gasteiger partial charge in [0, 0.05) is 11.7 Å². The number of nitrogens with one attached hydrogen (secondary N) is 1. The van der Waals surface area contributed by atoms with E-state index < -0.39 is 0 Å². The van der Waals surface area contributed by atoms with Crippen LogP contribution in [0.1, 0.15) is 42.0 Å². The first-order valence-electron chi connectivity index (χ1n) is 6.00. The van der Waals surface area contributed by atoms with Crippen molar-refractivity contribution < 1.29 is 0 Å². The monoisotopic (exact) mass is 202 g/mol. The fraction of sp³-hybridized carbons (Fsp3) is 0.538. The third-order valence-electron chi connectivity index (χ3n) is 3.79. The van der Waals surface area contributed by atoms with Gasteiger partial charge in [0.2, 0.25) is 0 Å². The first-order chi connectivity index (χ1) is 7.36. The summed E-state index contributed by atoms with van der Waals surface area (Å²) in [6, 6.07) is 4.93. The minimum atomic E-state index is 0.595. The first kappa shape index (κ1) is 9.22. The van der Waals surface area contributed by atoms with Crippen LogP contribution in [0, 0.1) is 0 Å². The Balaban J connectivity index is 2.04. The molecular formula is C13H18N2. The van der Waals surface area contributed by atoms with Crippen molar-refractivity contribution in [2.75, 3.05) is 12.3 Å². The zero-order valence-electron chi connectivity index (χ0n) is 9.05. The molecule has 2 aliphatic rings. The van der Waals surface area contributed by atoms with E-state index in [0.717, 1.165) is 5.69 Å². The summed E-state index contributed by atoms with van der Waals surface area (Å²) in [5, 5.41) is 3.58. The second kappa shape index (κ2) is 3.53. The molecule has 2 nitrogen and oxygen atoms in total. The highest BCUT2D eigenvalue weighted by Crippen LogP contribution is 2.35. The average Bonchev–Trinajstić information content (AvgIpc) is 2.88. The summed E-state index contributed by atoms with van der Waals surface area (Å²) in [6.45, 7) is 1.17. The molecule has 1 aliphatic heterocycles. The molecule has 1 aliphatic carbocycles. The first-order valence-corrected chi connectivity index (χ1v) is 6.00. The van der Waals surface area contributed by atoms with E-state index in [2.05, 4.69) is 17.4 Å². The summed E-state index contributed by atoms with van der Waals surface area (Å²) in [5.74, 6) is 0. The fourth-order valence-corrected chi connectivity index (χ4v) is 3.04. The van der Waals surface area contributed by atoms with Gasteiger partial charge in [-0.2, -0.15) is 0 Å². The second-order valence-corrected chi connectivity index (χ2v) is 4.70. The lowest BCUT2D eigenvalue weighted by atomic mass is 9.95. The number of nitrogens with two attached hydrogens (primary N) is 1. The van der Waals surface area contributed by atoms with Crippen molar-refractivity contribution >= 4 is 5.69 Å². The lowest BCUT2D eigenvalue weighted by molar-refractivity contribution is 0.641. The molecule has 80 valence electrons. The van der Waals surface area contributed by atoms with Crippen molar-refractivity contribution in [3.05, 3.63) is 28.8 Å². The van der Waals surface area contributed by atoms with Gasteiger partial charge in [-0.3, -0.25) is 0 Å². The maximum Gasteiger partial charge on any atom is 0.0349 e. The van der Waals surface area contributed by atoms with Gasteiger partial charge in [0.05, 0.1) is 0 Å². The van der Waals surface area contributed by atoms with Crippen LogP contribution in [0.3, 0.4) is 0 Å². The Morgan fingerprint density at radius 1 is 1.13 bits per heavy atom. The lowest BCUT2D eigenvalue weighted by Gasteiger charge is -2.16. The van der Waals surface area contributed by atoms with Crippen molar-refractivity contribution in [1.82, 2.24) is 5.32 Å². The van der Waals surface area contributed by atoms with Crippen LogP contribution in [0.25, 0.3) is 0 Å². The number of hydrogen-bond donors (Lipinski definition) is 2. The molecule has 2 heteroatoms. The number of nitrogen functional groups attached to an aromatic ring is 1. The SMILES string of the molecule is Nc1ccc([C@@H]2CCCN2)c2c1CCC2. The average molecular weight is 202 g/mol. The number of anilines is 1. The van der Waals surface area contributed by atoms with E-state index >= 15 is 0 Å². The van der Waals surface area contributed by atoms with Crippen LogP contribution < -0.4 is 11.1 Å². The molecule has 0 saturated carbocycles. The van der Waals surface area contributed by atoms with Gasteiger partial charge in [-0.05, 0) is 61.4 Å². The Morgan fingerprint density at radius 3 is 2.80 bits per heavy atom. The zero-order valence-corrected chi connectivity index (χ0v) is 9.05. The minimum absolute atomic E-state index is 0.595. The van der Waals surface area contributed by atoms with Crippen LogP contribution in [0.2, 0.25) is 0 Å². The lowest BCUT2D eigenvalue weighted by Crippen LogP contribution is -2.15. The Bertz CT molecular complexity index is 378. The summed E-state index contributed by atoms with van der Waals surface area (Å²) in [4.78, 5) is 0. The minimum Gasteiger partial charge on any atom is -0.398 e. The van der Waals surface area contributed by atoms with Crippen molar-refractivity contribution in [3.8, 4) is 0 Å². The molecule has 0 unspecified atom stereocenters. The summed E-state index contributed by atoms with van der Waals surface area (Å²) < 4.78 is 0. The highest BCUT2D eigenvalue weighted by Gasteiger charge is 2.23. The van der Waals surface area contributed by atoms with E-state index in [1.54, 1.807) is 5.56 Å². The third kappa shape index (κ3) is 1.44. The molecule has 1 heterocycles. The van der Waals surface area contributed by atoms with Crippen molar-refractivity contribution in [2.45, 2.75) is 38.1 Å². The highest BCUT2D eigenvalue weighted by molar-refractivity contribution is 5.56. The van der Waals surface area contributed by atoms with Crippen LogP contribution in [-0.4, -0.2) is 6.54 Å². The third-order valence-corrected chi connectivity index (χ3v) is 3.79. The molecule has 3 rings (SSSR count). The summed E-state index contributed by atoms with van der Waals surface area (Å²) >= 11 is 0. The van der Waals surface area contributed by atoms with Gasteiger partial charge < -0.3 is 11.1 Å². The number of fused-ring (bicyclic) bond motifs is 1. The van der Waals surface area contributed by atoms with Gasteiger partial charge >= 0.3 is 0 Å². The van der Waals surface area contributed by atoms with Gasteiger partial charge in [-0.1, -0.05) is 6.07 Å². The molecule has 1 atom stereocenters. The molecule has 1 fully saturated rings. The number of hydrogen-bond acceptors (Lipinski definition) is 2. The molecule has 0 amide bonds. The van der Waals surface area contributed by atoms with Gasteiger partial charge in [0.25, 0.3) is 0 Å². The molecule has 1 aromatic carbocycles. The van der Waals surface area contributed by atoms with Gasteiger partial charge in [0.1, 0.15) is 0 Å². The van der Waals surface area contributed by atoms with E-state index in [1.165, 1.54) is 49.8 Å². The topological polar surface area (TPSA) is 38.0 Å².